The van der Waals surface area contributed by atoms with E-state index in [1.807, 2.05) is 0 Å². The molecule has 1 aromatic rings. The van der Waals surface area contributed by atoms with Crippen molar-refractivity contribution in [3.63, 3.8) is 0 Å². The largest absolute Gasteiger partial charge is 0.465 e. The third-order valence-electron chi connectivity index (χ3n) is 4.50. The molecular formula is C19H26O5. The molecule has 3 unspecified atom stereocenters. The highest BCUT2D eigenvalue weighted by molar-refractivity contribution is 5.88. The molecule has 0 radical (unpaired) electrons. The first-order valence-electron chi connectivity index (χ1n) is 8.53. The van der Waals surface area contributed by atoms with Gasteiger partial charge in [0, 0.05) is 6.08 Å². The minimum Gasteiger partial charge on any atom is -0.465 e. The number of hydrogen-bond acceptors (Lipinski definition) is 5. The number of rotatable bonds is 6. The van der Waals surface area contributed by atoms with Gasteiger partial charge in [0.15, 0.2) is 6.61 Å². The Morgan fingerprint density at radius 1 is 1.38 bits per heavy atom. The molecule has 2 rings (SSSR count). The molecule has 3 atom stereocenters. The molecule has 0 bridgehead atoms. The van der Waals surface area contributed by atoms with E-state index in [4.69, 9.17) is 13.9 Å². The zero-order valence-electron chi connectivity index (χ0n) is 14.6. The summed E-state index contributed by atoms with van der Waals surface area (Å²) in [5.41, 5.74) is 0. The summed E-state index contributed by atoms with van der Waals surface area (Å²) in [7, 11) is 0. The van der Waals surface area contributed by atoms with Crippen LogP contribution in [0.5, 0.6) is 0 Å². The Labute approximate surface area is 143 Å². The number of carbonyl (C=O) groups is 2. The number of carbonyl (C=O) groups excluding carboxylic acids is 2. The van der Waals surface area contributed by atoms with Crippen LogP contribution in [0.1, 0.15) is 45.8 Å². The second-order valence-corrected chi connectivity index (χ2v) is 6.81. The van der Waals surface area contributed by atoms with Gasteiger partial charge in [-0.15, -0.1) is 0 Å². The molecule has 1 saturated carbocycles. The van der Waals surface area contributed by atoms with Gasteiger partial charge in [-0.1, -0.05) is 27.2 Å². The molecule has 5 heteroatoms. The smallest absolute Gasteiger partial charge is 0.344 e. The van der Waals surface area contributed by atoms with Crippen LogP contribution in [0.15, 0.2) is 28.9 Å². The molecular weight excluding hydrogens is 308 g/mol. The van der Waals surface area contributed by atoms with Crippen molar-refractivity contribution < 1.29 is 23.5 Å². The fourth-order valence-corrected chi connectivity index (χ4v) is 3.17. The molecule has 0 saturated heterocycles. The topological polar surface area (TPSA) is 65.7 Å². The summed E-state index contributed by atoms with van der Waals surface area (Å²) in [6.45, 7) is 6.12. The molecule has 5 nitrogen and oxygen atoms in total. The molecule has 1 aliphatic carbocycles. The molecule has 1 aliphatic rings. The summed E-state index contributed by atoms with van der Waals surface area (Å²) >= 11 is 0. The normalized spacial score (nSPS) is 24.2. The Bertz CT molecular complexity index is 558. The second-order valence-electron chi connectivity index (χ2n) is 6.81. The number of hydrogen-bond donors (Lipinski definition) is 0. The standard InChI is InChI=1S/C19H26O5/c1-13(2)16-8-6-14(3)11-17(16)24-19(21)12-23-18(20)9-7-15-5-4-10-22-15/h4-5,7,9-10,13-14,16-17H,6,8,11-12H2,1-3H3. The number of esters is 2. The Kier molecular flexibility index (Phi) is 6.64. The Morgan fingerprint density at radius 2 is 2.17 bits per heavy atom. The summed E-state index contributed by atoms with van der Waals surface area (Å²) in [6, 6.07) is 3.44. The summed E-state index contributed by atoms with van der Waals surface area (Å²) in [5, 5.41) is 0. The Balaban J connectivity index is 1.78. The van der Waals surface area contributed by atoms with Crippen molar-refractivity contribution in [2.24, 2.45) is 17.8 Å². The van der Waals surface area contributed by atoms with Crippen LogP contribution in [0.2, 0.25) is 0 Å². The lowest BCUT2D eigenvalue weighted by Gasteiger charge is -2.36. The van der Waals surface area contributed by atoms with Crippen LogP contribution in [0.25, 0.3) is 6.08 Å². The third kappa shape index (κ3) is 5.55. The van der Waals surface area contributed by atoms with E-state index in [0.717, 1.165) is 12.8 Å². The van der Waals surface area contributed by atoms with Crippen LogP contribution >= 0.6 is 0 Å². The van der Waals surface area contributed by atoms with Gasteiger partial charge in [-0.25, -0.2) is 9.59 Å². The average Bonchev–Trinajstić information content (AvgIpc) is 3.04. The van der Waals surface area contributed by atoms with Crippen LogP contribution < -0.4 is 0 Å². The molecule has 0 aliphatic heterocycles. The maximum absolute atomic E-state index is 12.0. The minimum absolute atomic E-state index is 0.0846. The van der Waals surface area contributed by atoms with E-state index >= 15 is 0 Å². The predicted molar refractivity (Wildman–Crippen MR) is 89.9 cm³/mol. The van der Waals surface area contributed by atoms with Crippen molar-refractivity contribution in [3.8, 4) is 0 Å². The molecule has 1 aromatic heterocycles. The maximum Gasteiger partial charge on any atom is 0.344 e. The lowest BCUT2D eigenvalue weighted by Crippen LogP contribution is -2.36. The highest BCUT2D eigenvalue weighted by Gasteiger charge is 2.33. The van der Waals surface area contributed by atoms with Crippen molar-refractivity contribution in [1.29, 1.82) is 0 Å². The molecule has 0 spiro atoms. The van der Waals surface area contributed by atoms with Gasteiger partial charge < -0.3 is 13.9 Å². The molecule has 1 fully saturated rings. The van der Waals surface area contributed by atoms with Gasteiger partial charge in [0.2, 0.25) is 0 Å². The van der Waals surface area contributed by atoms with Gasteiger partial charge in [-0.2, -0.15) is 0 Å². The van der Waals surface area contributed by atoms with E-state index in [1.165, 1.54) is 24.8 Å². The van der Waals surface area contributed by atoms with E-state index in [9.17, 15) is 9.59 Å². The number of ether oxygens (including phenoxy) is 2. The van der Waals surface area contributed by atoms with Crippen molar-refractivity contribution in [2.45, 2.75) is 46.1 Å². The summed E-state index contributed by atoms with van der Waals surface area (Å²) in [5.74, 6) is 0.858. The fourth-order valence-electron chi connectivity index (χ4n) is 3.17. The first-order valence-corrected chi connectivity index (χ1v) is 8.53. The molecule has 0 aromatic carbocycles. The summed E-state index contributed by atoms with van der Waals surface area (Å²) < 4.78 is 15.6. The average molecular weight is 334 g/mol. The van der Waals surface area contributed by atoms with Crippen molar-refractivity contribution in [1.82, 2.24) is 0 Å². The zero-order valence-corrected chi connectivity index (χ0v) is 14.6. The molecule has 0 N–H and O–H groups in total. The highest BCUT2D eigenvalue weighted by Crippen LogP contribution is 2.35. The van der Waals surface area contributed by atoms with E-state index in [0.29, 0.717) is 23.5 Å². The fraction of sp³-hybridized carbons (Fsp3) is 0.579. The Hall–Kier alpha value is -2.04. The molecule has 1 heterocycles. The SMILES string of the molecule is CC1CCC(C(C)C)C(OC(=O)COC(=O)C=Cc2ccco2)C1. The maximum atomic E-state index is 12.0. The van der Waals surface area contributed by atoms with Crippen molar-refractivity contribution in [3.05, 3.63) is 30.2 Å². The monoisotopic (exact) mass is 334 g/mol. The highest BCUT2D eigenvalue weighted by atomic mass is 16.6. The van der Waals surface area contributed by atoms with Crippen LogP contribution in [0.4, 0.5) is 0 Å². The quantitative estimate of drug-likeness (QED) is 0.584. The summed E-state index contributed by atoms with van der Waals surface area (Å²) in [4.78, 5) is 23.6. The van der Waals surface area contributed by atoms with Crippen molar-refractivity contribution in [2.75, 3.05) is 6.61 Å². The van der Waals surface area contributed by atoms with Crippen molar-refractivity contribution >= 4 is 18.0 Å². The van der Waals surface area contributed by atoms with E-state index in [2.05, 4.69) is 20.8 Å². The van der Waals surface area contributed by atoms with Gasteiger partial charge in [-0.3, -0.25) is 0 Å². The first-order chi connectivity index (χ1) is 11.5. The molecule has 132 valence electrons. The second kappa shape index (κ2) is 8.71. The van der Waals surface area contributed by atoms with E-state index in [1.54, 1.807) is 12.1 Å². The Morgan fingerprint density at radius 3 is 2.83 bits per heavy atom. The predicted octanol–water partition coefficient (Wildman–Crippen LogP) is 3.84. The zero-order chi connectivity index (χ0) is 17.5. The van der Waals surface area contributed by atoms with Gasteiger partial charge in [0.25, 0.3) is 0 Å². The van der Waals surface area contributed by atoms with Gasteiger partial charge in [-0.05, 0) is 48.8 Å². The summed E-state index contributed by atoms with van der Waals surface area (Å²) in [6.07, 6.45) is 7.27. The first kappa shape index (κ1) is 18.3. The lowest BCUT2D eigenvalue weighted by atomic mass is 9.75. The van der Waals surface area contributed by atoms with Gasteiger partial charge in [0.1, 0.15) is 11.9 Å². The molecule has 0 amide bonds. The van der Waals surface area contributed by atoms with Gasteiger partial charge in [0.05, 0.1) is 6.26 Å². The lowest BCUT2D eigenvalue weighted by molar-refractivity contribution is -0.165. The van der Waals surface area contributed by atoms with Crippen LogP contribution in [0, 0.1) is 17.8 Å². The minimum atomic E-state index is -0.597. The van der Waals surface area contributed by atoms with Crippen LogP contribution in [0.3, 0.4) is 0 Å². The van der Waals surface area contributed by atoms with E-state index < -0.39 is 11.9 Å². The van der Waals surface area contributed by atoms with Gasteiger partial charge >= 0.3 is 11.9 Å². The van der Waals surface area contributed by atoms with E-state index in [-0.39, 0.29) is 12.7 Å². The molecule has 24 heavy (non-hydrogen) atoms. The van der Waals surface area contributed by atoms with Crippen LogP contribution in [-0.4, -0.2) is 24.6 Å². The third-order valence-corrected chi connectivity index (χ3v) is 4.50. The number of furan rings is 1. The van der Waals surface area contributed by atoms with Crippen LogP contribution in [-0.2, 0) is 19.1 Å².